The molecule has 0 radical (unpaired) electrons. The van der Waals surface area contributed by atoms with E-state index < -0.39 is 0 Å². The third-order valence-corrected chi connectivity index (χ3v) is 2.80. The molecule has 3 N–H and O–H groups in total. The summed E-state index contributed by atoms with van der Waals surface area (Å²) in [6.45, 7) is 0.215. The molecule has 19 heavy (non-hydrogen) atoms. The summed E-state index contributed by atoms with van der Waals surface area (Å²) in [4.78, 5) is 0. The van der Waals surface area contributed by atoms with Gasteiger partial charge in [-0.2, -0.15) is 0 Å². The fourth-order valence-electron chi connectivity index (χ4n) is 1.71. The van der Waals surface area contributed by atoms with Crippen LogP contribution in [0.3, 0.4) is 0 Å². The van der Waals surface area contributed by atoms with Gasteiger partial charge in [0, 0.05) is 0 Å². The number of nitrogens with two attached hydrogens (primary N) is 1. The van der Waals surface area contributed by atoms with Crippen molar-refractivity contribution >= 4 is 0 Å². The molecule has 2 aromatic rings. The van der Waals surface area contributed by atoms with Gasteiger partial charge in [-0.15, -0.1) is 0 Å². The van der Waals surface area contributed by atoms with E-state index in [1.165, 1.54) is 12.1 Å². The van der Waals surface area contributed by atoms with Crippen LogP contribution in [0.5, 0.6) is 5.75 Å². The van der Waals surface area contributed by atoms with Gasteiger partial charge in [0.2, 0.25) is 0 Å². The summed E-state index contributed by atoms with van der Waals surface area (Å²) in [6.07, 6.45) is 0. The second-order valence-electron chi connectivity index (χ2n) is 4.28. The van der Waals surface area contributed by atoms with Crippen molar-refractivity contribution in [2.45, 2.75) is 12.6 Å². The summed E-state index contributed by atoms with van der Waals surface area (Å²) in [5.74, 6) is 0.406. The molecule has 0 saturated heterocycles. The van der Waals surface area contributed by atoms with E-state index in [2.05, 4.69) is 0 Å². The minimum Gasteiger partial charge on any atom is -0.489 e. The zero-order chi connectivity index (χ0) is 13.7. The van der Waals surface area contributed by atoms with Gasteiger partial charge in [0.15, 0.2) is 0 Å². The van der Waals surface area contributed by atoms with Gasteiger partial charge in [-0.25, -0.2) is 4.39 Å². The van der Waals surface area contributed by atoms with Crippen molar-refractivity contribution in [2.75, 3.05) is 6.61 Å². The van der Waals surface area contributed by atoms with Crippen LogP contribution in [0.1, 0.15) is 17.2 Å². The molecule has 0 aliphatic carbocycles. The number of ether oxygens (including phenoxy) is 1. The highest BCUT2D eigenvalue weighted by molar-refractivity contribution is 5.29. The quantitative estimate of drug-likeness (QED) is 0.869. The molecule has 0 bridgehead atoms. The largest absolute Gasteiger partial charge is 0.489 e. The van der Waals surface area contributed by atoms with Gasteiger partial charge in [0.1, 0.15) is 18.2 Å². The van der Waals surface area contributed by atoms with E-state index in [-0.39, 0.29) is 18.5 Å². The van der Waals surface area contributed by atoms with Crippen LogP contribution in [-0.4, -0.2) is 11.7 Å². The lowest BCUT2D eigenvalue weighted by molar-refractivity contribution is 0.267. The molecular formula is C15H16FNO2. The van der Waals surface area contributed by atoms with Gasteiger partial charge < -0.3 is 15.6 Å². The van der Waals surface area contributed by atoms with Crippen molar-refractivity contribution in [3.05, 3.63) is 65.5 Å². The molecular weight excluding hydrogens is 245 g/mol. The van der Waals surface area contributed by atoms with Crippen molar-refractivity contribution in [3.8, 4) is 5.75 Å². The summed E-state index contributed by atoms with van der Waals surface area (Å²) in [5.41, 5.74) is 7.32. The summed E-state index contributed by atoms with van der Waals surface area (Å²) in [5, 5.41) is 8.94. The van der Waals surface area contributed by atoms with E-state index in [1.807, 2.05) is 12.1 Å². The Kier molecular flexibility index (Phi) is 4.49. The topological polar surface area (TPSA) is 55.5 Å². The molecule has 2 rings (SSSR count). The second kappa shape index (κ2) is 6.31. The van der Waals surface area contributed by atoms with E-state index >= 15 is 0 Å². The molecule has 0 heterocycles. The van der Waals surface area contributed by atoms with Crippen LogP contribution >= 0.6 is 0 Å². The van der Waals surface area contributed by atoms with Crippen LogP contribution in [0.15, 0.2) is 48.5 Å². The Bertz CT molecular complexity index is 528. The Hall–Kier alpha value is -1.91. The summed E-state index contributed by atoms with van der Waals surface area (Å²) >= 11 is 0. The van der Waals surface area contributed by atoms with Gasteiger partial charge in [-0.3, -0.25) is 0 Å². The Morgan fingerprint density at radius 1 is 1.16 bits per heavy atom. The molecule has 0 aliphatic rings. The molecule has 0 aliphatic heterocycles. The van der Waals surface area contributed by atoms with E-state index in [1.54, 1.807) is 24.3 Å². The summed E-state index contributed by atoms with van der Waals surface area (Å²) in [6, 6.07) is 13.1. The van der Waals surface area contributed by atoms with Gasteiger partial charge in [-0.05, 0) is 35.4 Å². The molecule has 100 valence electrons. The lowest BCUT2D eigenvalue weighted by Gasteiger charge is -2.10. The first-order chi connectivity index (χ1) is 9.19. The van der Waals surface area contributed by atoms with Gasteiger partial charge in [0.05, 0.1) is 12.6 Å². The van der Waals surface area contributed by atoms with Crippen LogP contribution in [0, 0.1) is 5.82 Å². The lowest BCUT2D eigenvalue weighted by atomic mass is 10.1. The average Bonchev–Trinajstić information content (AvgIpc) is 2.45. The van der Waals surface area contributed by atoms with Crippen molar-refractivity contribution in [3.63, 3.8) is 0 Å². The molecule has 3 nitrogen and oxygen atoms in total. The van der Waals surface area contributed by atoms with Crippen molar-refractivity contribution in [1.29, 1.82) is 0 Å². The molecule has 4 heteroatoms. The predicted octanol–water partition coefficient (Wildman–Crippen LogP) is 2.40. The zero-order valence-corrected chi connectivity index (χ0v) is 10.4. The summed E-state index contributed by atoms with van der Waals surface area (Å²) in [7, 11) is 0. The number of benzene rings is 2. The number of hydrogen-bond acceptors (Lipinski definition) is 3. The minimum atomic E-state index is -0.378. The first-order valence-electron chi connectivity index (χ1n) is 6.02. The highest BCUT2D eigenvalue weighted by atomic mass is 19.1. The second-order valence-corrected chi connectivity index (χ2v) is 4.28. The van der Waals surface area contributed by atoms with Crippen LogP contribution < -0.4 is 10.5 Å². The Morgan fingerprint density at radius 2 is 1.89 bits per heavy atom. The molecule has 0 amide bonds. The first-order valence-corrected chi connectivity index (χ1v) is 6.02. The van der Waals surface area contributed by atoms with Gasteiger partial charge in [0.25, 0.3) is 0 Å². The van der Waals surface area contributed by atoms with Crippen LogP contribution in [0.25, 0.3) is 0 Å². The molecule has 0 saturated carbocycles. The maximum Gasteiger partial charge on any atom is 0.123 e. The third kappa shape index (κ3) is 3.77. The highest BCUT2D eigenvalue weighted by Gasteiger charge is 2.04. The third-order valence-electron chi connectivity index (χ3n) is 2.80. The average molecular weight is 261 g/mol. The van der Waals surface area contributed by atoms with Crippen LogP contribution in [0.4, 0.5) is 4.39 Å². The Balaban J connectivity index is 1.96. The van der Waals surface area contributed by atoms with Crippen LogP contribution in [0.2, 0.25) is 0 Å². The molecule has 2 aromatic carbocycles. The first kappa shape index (κ1) is 13.5. The van der Waals surface area contributed by atoms with E-state index in [4.69, 9.17) is 15.6 Å². The highest BCUT2D eigenvalue weighted by Crippen LogP contribution is 2.17. The Morgan fingerprint density at radius 3 is 2.53 bits per heavy atom. The zero-order valence-electron chi connectivity index (χ0n) is 10.4. The molecule has 0 spiro atoms. The Labute approximate surface area is 111 Å². The van der Waals surface area contributed by atoms with Crippen LogP contribution in [-0.2, 0) is 6.61 Å². The van der Waals surface area contributed by atoms with E-state index in [0.717, 1.165) is 11.1 Å². The maximum atomic E-state index is 13.0. The number of hydrogen-bond donors (Lipinski definition) is 2. The number of aliphatic hydroxyl groups is 1. The fraction of sp³-hybridized carbons (Fsp3) is 0.200. The smallest absolute Gasteiger partial charge is 0.123 e. The molecule has 0 aromatic heterocycles. The monoisotopic (exact) mass is 261 g/mol. The van der Waals surface area contributed by atoms with Gasteiger partial charge in [-0.1, -0.05) is 24.3 Å². The standard InChI is InChI=1S/C15H16FNO2/c16-13-3-1-2-11(8-13)10-19-14-6-4-12(5-7-14)15(17)9-18/h1-8,15,18H,9-10,17H2/t15-/m0/s1. The van der Waals surface area contributed by atoms with E-state index in [0.29, 0.717) is 12.4 Å². The molecule has 0 fully saturated rings. The lowest BCUT2D eigenvalue weighted by Crippen LogP contribution is -2.14. The predicted molar refractivity (Wildman–Crippen MR) is 71.2 cm³/mol. The molecule has 1 atom stereocenters. The minimum absolute atomic E-state index is 0.0938. The number of rotatable bonds is 5. The number of aliphatic hydroxyl groups excluding tert-OH is 1. The number of halogens is 1. The SMILES string of the molecule is N[C@@H](CO)c1ccc(OCc2cccc(F)c2)cc1. The summed E-state index contributed by atoms with van der Waals surface area (Å²) < 4.78 is 18.5. The fourth-order valence-corrected chi connectivity index (χ4v) is 1.71. The van der Waals surface area contributed by atoms with Crippen molar-refractivity contribution in [1.82, 2.24) is 0 Å². The normalized spacial score (nSPS) is 12.2. The van der Waals surface area contributed by atoms with E-state index in [9.17, 15) is 4.39 Å². The van der Waals surface area contributed by atoms with Crippen molar-refractivity contribution < 1.29 is 14.2 Å². The van der Waals surface area contributed by atoms with Gasteiger partial charge >= 0.3 is 0 Å². The maximum absolute atomic E-state index is 13.0. The van der Waals surface area contributed by atoms with Crippen molar-refractivity contribution in [2.24, 2.45) is 5.73 Å². The molecule has 0 unspecified atom stereocenters.